The van der Waals surface area contributed by atoms with Gasteiger partial charge in [0, 0.05) is 0 Å². The van der Waals surface area contributed by atoms with Crippen LogP contribution in [0.1, 0.15) is 53.0 Å². The largest absolute Gasteiger partial charge is 0.481 e. The minimum Gasteiger partial charge on any atom is -0.481 e. The van der Waals surface area contributed by atoms with E-state index in [9.17, 15) is 24.6 Å². The second-order valence-corrected chi connectivity index (χ2v) is 8.32. The smallest absolute Gasteiger partial charge is 0.325 e. The Kier molecular flexibility index (Phi) is 7.97. The summed E-state index contributed by atoms with van der Waals surface area (Å²) in [6, 6.07) is 9.17. The highest BCUT2D eigenvalue weighted by Gasteiger charge is 2.57. The molecule has 0 heterocycles. The lowest BCUT2D eigenvalue weighted by atomic mass is 9.69. The standard InChI is InChI=1S/C22H30O6/c1-15(2)14-17(18(23)24)22(19(25)26,20(27)28-21(3,4)5)13-9-12-16-10-7-6-8-11-16/h6-12,15,17H,13-14H2,1-5H3,(H,23,24)(H,25,26)/b12-9+. The molecule has 0 aliphatic heterocycles. The number of carbonyl (C=O) groups excluding carboxylic acids is 1. The third kappa shape index (κ3) is 6.22. The molecule has 28 heavy (non-hydrogen) atoms. The number of carboxylic acid groups (broad SMARTS) is 2. The average Bonchev–Trinajstić information content (AvgIpc) is 2.55. The molecule has 2 unspecified atom stereocenters. The summed E-state index contributed by atoms with van der Waals surface area (Å²) >= 11 is 0. The van der Waals surface area contributed by atoms with Crippen molar-refractivity contribution >= 4 is 24.0 Å². The Balaban J connectivity index is 3.42. The number of hydrogen-bond donors (Lipinski definition) is 2. The van der Waals surface area contributed by atoms with Crippen LogP contribution in [0.15, 0.2) is 36.4 Å². The number of hydrogen-bond acceptors (Lipinski definition) is 4. The molecule has 0 radical (unpaired) electrons. The van der Waals surface area contributed by atoms with E-state index in [-0.39, 0.29) is 18.8 Å². The van der Waals surface area contributed by atoms with Gasteiger partial charge in [-0.15, -0.1) is 0 Å². The van der Waals surface area contributed by atoms with Gasteiger partial charge in [0.1, 0.15) is 5.60 Å². The van der Waals surface area contributed by atoms with E-state index in [1.54, 1.807) is 40.7 Å². The Morgan fingerprint density at radius 1 is 1.07 bits per heavy atom. The van der Waals surface area contributed by atoms with E-state index in [4.69, 9.17) is 4.74 Å². The summed E-state index contributed by atoms with van der Waals surface area (Å²) < 4.78 is 5.36. The van der Waals surface area contributed by atoms with Gasteiger partial charge in [-0.1, -0.05) is 56.3 Å². The van der Waals surface area contributed by atoms with Crippen LogP contribution in [0, 0.1) is 17.3 Å². The molecule has 0 aliphatic rings. The monoisotopic (exact) mass is 390 g/mol. The fraction of sp³-hybridized carbons (Fsp3) is 0.500. The number of allylic oxidation sites excluding steroid dienone is 1. The van der Waals surface area contributed by atoms with Crippen molar-refractivity contribution in [3.05, 3.63) is 42.0 Å². The normalized spacial score (nSPS) is 15.2. The van der Waals surface area contributed by atoms with Crippen molar-refractivity contribution in [1.82, 2.24) is 0 Å². The molecule has 0 aromatic heterocycles. The van der Waals surface area contributed by atoms with Crippen LogP contribution in [0.2, 0.25) is 0 Å². The van der Waals surface area contributed by atoms with Crippen molar-refractivity contribution in [2.45, 2.75) is 53.1 Å². The van der Waals surface area contributed by atoms with Gasteiger partial charge in [0.15, 0.2) is 5.41 Å². The molecule has 1 rings (SSSR count). The molecule has 0 saturated heterocycles. The van der Waals surface area contributed by atoms with E-state index in [1.807, 2.05) is 30.3 Å². The van der Waals surface area contributed by atoms with Crippen LogP contribution in [0.4, 0.5) is 0 Å². The molecule has 2 N–H and O–H groups in total. The van der Waals surface area contributed by atoms with Crippen molar-refractivity contribution in [3.63, 3.8) is 0 Å². The first kappa shape index (κ1) is 23.4. The van der Waals surface area contributed by atoms with Gasteiger partial charge in [0.05, 0.1) is 5.92 Å². The predicted molar refractivity (Wildman–Crippen MR) is 107 cm³/mol. The van der Waals surface area contributed by atoms with E-state index in [1.165, 1.54) is 6.08 Å². The van der Waals surface area contributed by atoms with E-state index >= 15 is 0 Å². The summed E-state index contributed by atoms with van der Waals surface area (Å²) in [4.78, 5) is 37.3. The quantitative estimate of drug-likeness (QED) is 0.483. The fourth-order valence-electron chi connectivity index (χ4n) is 2.99. The zero-order valence-electron chi connectivity index (χ0n) is 17.1. The zero-order chi connectivity index (χ0) is 21.5. The second-order valence-electron chi connectivity index (χ2n) is 8.32. The van der Waals surface area contributed by atoms with Gasteiger partial charge in [-0.3, -0.25) is 14.4 Å². The van der Waals surface area contributed by atoms with E-state index in [0.717, 1.165) is 5.56 Å². The molecule has 2 atom stereocenters. The number of aliphatic carboxylic acids is 2. The van der Waals surface area contributed by atoms with Crippen molar-refractivity contribution in [1.29, 1.82) is 0 Å². The van der Waals surface area contributed by atoms with Crippen molar-refractivity contribution in [2.24, 2.45) is 17.3 Å². The third-order valence-corrected chi connectivity index (χ3v) is 4.29. The van der Waals surface area contributed by atoms with Crippen LogP contribution in [-0.2, 0) is 19.1 Å². The number of rotatable bonds is 9. The van der Waals surface area contributed by atoms with E-state index in [2.05, 4.69) is 0 Å². The minimum absolute atomic E-state index is 0.0417. The van der Waals surface area contributed by atoms with Gasteiger partial charge in [-0.25, -0.2) is 0 Å². The van der Waals surface area contributed by atoms with Gasteiger partial charge >= 0.3 is 17.9 Å². The summed E-state index contributed by atoms with van der Waals surface area (Å²) in [5.41, 5.74) is -2.34. The number of esters is 1. The summed E-state index contributed by atoms with van der Waals surface area (Å²) in [7, 11) is 0. The molecule has 154 valence electrons. The molecule has 0 bridgehead atoms. The maximum atomic E-state index is 13.0. The average molecular weight is 390 g/mol. The summed E-state index contributed by atoms with van der Waals surface area (Å²) in [5.74, 6) is -5.37. The molecule has 1 aromatic rings. The van der Waals surface area contributed by atoms with Gasteiger partial charge in [-0.05, 0) is 45.1 Å². The minimum atomic E-state index is -2.21. The molecule has 0 fully saturated rings. The Morgan fingerprint density at radius 2 is 1.64 bits per heavy atom. The summed E-state index contributed by atoms with van der Waals surface area (Å²) in [6.45, 7) is 8.44. The molecule has 6 heteroatoms. The molecule has 1 aromatic carbocycles. The Labute approximate surface area is 166 Å². The maximum Gasteiger partial charge on any atom is 0.325 e. The SMILES string of the molecule is CC(C)CC(C(=O)O)C(C/C=C/c1ccccc1)(C(=O)O)C(=O)OC(C)(C)C. The van der Waals surface area contributed by atoms with Crippen LogP contribution in [-0.4, -0.2) is 33.7 Å². The van der Waals surface area contributed by atoms with Crippen LogP contribution in [0.5, 0.6) is 0 Å². The van der Waals surface area contributed by atoms with Crippen LogP contribution < -0.4 is 0 Å². The Hall–Kier alpha value is -2.63. The Bertz CT molecular complexity index is 714. The molecule has 0 aliphatic carbocycles. The number of carbonyl (C=O) groups is 3. The fourth-order valence-corrected chi connectivity index (χ4v) is 2.99. The number of benzene rings is 1. The highest BCUT2D eigenvalue weighted by Crippen LogP contribution is 2.40. The third-order valence-electron chi connectivity index (χ3n) is 4.29. The summed E-state index contributed by atoms with van der Waals surface area (Å²) in [5, 5.41) is 19.8. The first-order valence-corrected chi connectivity index (χ1v) is 9.31. The number of ether oxygens (including phenoxy) is 1. The lowest BCUT2D eigenvalue weighted by Crippen LogP contribution is -2.51. The lowest BCUT2D eigenvalue weighted by Gasteiger charge is -2.35. The van der Waals surface area contributed by atoms with Crippen molar-refractivity contribution in [2.75, 3.05) is 0 Å². The first-order valence-electron chi connectivity index (χ1n) is 9.31. The van der Waals surface area contributed by atoms with Crippen molar-refractivity contribution < 1.29 is 29.3 Å². The highest BCUT2D eigenvalue weighted by atomic mass is 16.6. The summed E-state index contributed by atoms with van der Waals surface area (Å²) in [6.07, 6.45) is 2.97. The van der Waals surface area contributed by atoms with Crippen LogP contribution >= 0.6 is 0 Å². The first-order chi connectivity index (χ1) is 12.9. The predicted octanol–water partition coefficient (Wildman–Crippen LogP) is 4.25. The molecular formula is C22H30O6. The number of carboxylic acids is 2. The highest BCUT2D eigenvalue weighted by molar-refractivity contribution is 6.03. The van der Waals surface area contributed by atoms with Gasteiger partial charge in [-0.2, -0.15) is 0 Å². The molecule has 0 saturated carbocycles. The molecular weight excluding hydrogens is 360 g/mol. The van der Waals surface area contributed by atoms with Gasteiger partial charge < -0.3 is 14.9 Å². The van der Waals surface area contributed by atoms with Crippen molar-refractivity contribution in [3.8, 4) is 0 Å². The Morgan fingerprint density at radius 3 is 2.07 bits per heavy atom. The van der Waals surface area contributed by atoms with E-state index in [0.29, 0.717) is 0 Å². The second kappa shape index (κ2) is 9.53. The zero-order valence-corrected chi connectivity index (χ0v) is 17.1. The maximum absolute atomic E-state index is 13.0. The molecule has 0 amide bonds. The van der Waals surface area contributed by atoms with Gasteiger partial charge in [0.25, 0.3) is 0 Å². The topological polar surface area (TPSA) is 101 Å². The molecule has 0 spiro atoms. The lowest BCUT2D eigenvalue weighted by molar-refractivity contribution is -0.186. The van der Waals surface area contributed by atoms with Gasteiger partial charge in [0.2, 0.25) is 0 Å². The molecule has 6 nitrogen and oxygen atoms in total. The van der Waals surface area contributed by atoms with E-state index < -0.39 is 34.8 Å². The van der Waals surface area contributed by atoms with Crippen LogP contribution in [0.25, 0.3) is 6.08 Å². The van der Waals surface area contributed by atoms with Crippen LogP contribution in [0.3, 0.4) is 0 Å².